The lowest BCUT2D eigenvalue weighted by molar-refractivity contribution is -0.137. The Morgan fingerprint density at radius 3 is 2.76 bits per heavy atom. The van der Waals surface area contributed by atoms with Gasteiger partial charge < -0.3 is 15.0 Å². The van der Waals surface area contributed by atoms with Gasteiger partial charge in [-0.3, -0.25) is 9.59 Å². The molecule has 10 heteroatoms. The zero-order valence-electron chi connectivity index (χ0n) is 16.3. The number of hydrogen-bond donors (Lipinski definition) is 1. The van der Waals surface area contributed by atoms with Gasteiger partial charge in [-0.05, 0) is 30.5 Å². The van der Waals surface area contributed by atoms with E-state index in [1.54, 1.807) is 12.1 Å². The summed E-state index contributed by atoms with van der Waals surface area (Å²) in [7, 11) is -3.14. The number of rotatable bonds is 6. The topological polar surface area (TPSA) is 110 Å². The van der Waals surface area contributed by atoms with E-state index in [0.29, 0.717) is 24.4 Å². The molecule has 2 aliphatic heterocycles. The van der Waals surface area contributed by atoms with Crippen LogP contribution in [0.4, 0.5) is 5.69 Å². The van der Waals surface area contributed by atoms with E-state index < -0.39 is 28.3 Å². The quantitative estimate of drug-likeness (QED) is 0.669. The number of anilines is 1. The Labute approximate surface area is 174 Å². The number of benzene rings is 1. The van der Waals surface area contributed by atoms with E-state index in [4.69, 9.17) is 4.74 Å². The number of nitrogens with one attached hydrogen (secondary N) is 1. The fraction of sp³-hybridized carbons (Fsp3) is 0.526. The van der Waals surface area contributed by atoms with Crippen molar-refractivity contribution >= 4 is 45.1 Å². The van der Waals surface area contributed by atoms with Crippen molar-refractivity contribution in [3.05, 3.63) is 23.8 Å². The third-order valence-electron chi connectivity index (χ3n) is 4.71. The molecule has 29 heavy (non-hydrogen) atoms. The van der Waals surface area contributed by atoms with Crippen LogP contribution >= 0.6 is 11.8 Å². The molecule has 1 aromatic rings. The normalized spacial score (nSPS) is 20.1. The standard InChI is InChI=1S/C19H24N2O6S2/c1-12(2)8-21(14-5-6-29(25,26)11-14)18(23)9-27-19(24)13-3-4-16-15(7-13)20-17(22)10-28-16/h3-4,7,12,14H,5-6,8-11H2,1-2H3,(H,20,22)/t14-/m0/s1. The summed E-state index contributed by atoms with van der Waals surface area (Å²) in [6.45, 7) is 3.82. The van der Waals surface area contributed by atoms with Crippen LogP contribution in [0.5, 0.6) is 0 Å². The maximum Gasteiger partial charge on any atom is 0.338 e. The Bertz CT molecular complexity index is 929. The molecular formula is C19H24N2O6S2. The van der Waals surface area contributed by atoms with Crippen LogP contribution in [0.15, 0.2) is 23.1 Å². The largest absolute Gasteiger partial charge is 0.452 e. The first-order valence-corrected chi connectivity index (χ1v) is 12.2. The summed E-state index contributed by atoms with van der Waals surface area (Å²) in [5, 5.41) is 2.70. The molecule has 0 radical (unpaired) electrons. The van der Waals surface area contributed by atoms with Crippen LogP contribution in [-0.2, 0) is 24.2 Å². The smallest absolute Gasteiger partial charge is 0.338 e. The maximum atomic E-state index is 12.7. The zero-order chi connectivity index (χ0) is 21.2. The molecule has 1 fully saturated rings. The molecule has 0 aromatic heterocycles. The van der Waals surface area contributed by atoms with Crippen molar-refractivity contribution in [2.45, 2.75) is 31.2 Å². The molecule has 1 atom stereocenters. The highest BCUT2D eigenvalue weighted by Gasteiger charge is 2.35. The number of esters is 1. The first-order valence-electron chi connectivity index (χ1n) is 9.38. The Morgan fingerprint density at radius 2 is 2.10 bits per heavy atom. The SMILES string of the molecule is CC(C)CN(C(=O)COC(=O)c1ccc2c(c1)NC(=O)CS2)[C@H]1CCS(=O)(=O)C1. The van der Waals surface area contributed by atoms with Crippen molar-refractivity contribution < 1.29 is 27.5 Å². The van der Waals surface area contributed by atoms with Crippen LogP contribution in [0.2, 0.25) is 0 Å². The van der Waals surface area contributed by atoms with Gasteiger partial charge in [-0.1, -0.05) is 13.8 Å². The molecule has 0 bridgehead atoms. The number of nitrogens with zero attached hydrogens (tertiary/aromatic N) is 1. The number of amides is 2. The molecule has 2 amide bonds. The van der Waals surface area contributed by atoms with Crippen molar-refractivity contribution in [2.75, 3.05) is 35.7 Å². The molecule has 0 saturated carbocycles. The molecule has 1 saturated heterocycles. The number of fused-ring (bicyclic) bond motifs is 1. The van der Waals surface area contributed by atoms with E-state index in [-0.39, 0.29) is 34.9 Å². The van der Waals surface area contributed by atoms with Crippen molar-refractivity contribution in [2.24, 2.45) is 5.92 Å². The zero-order valence-corrected chi connectivity index (χ0v) is 18.0. The molecule has 2 heterocycles. The highest BCUT2D eigenvalue weighted by atomic mass is 32.2. The first kappa shape index (κ1) is 21.6. The number of hydrogen-bond acceptors (Lipinski definition) is 7. The molecule has 3 rings (SSSR count). The molecule has 158 valence electrons. The Hall–Kier alpha value is -2.07. The van der Waals surface area contributed by atoms with Crippen molar-refractivity contribution in [3.8, 4) is 0 Å². The third kappa shape index (κ3) is 5.51. The van der Waals surface area contributed by atoms with Crippen molar-refractivity contribution in [1.82, 2.24) is 4.90 Å². The number of carbonyl (C=O) groups excluding carboxylic acids is 3. The second-order valence-electron chi connectivity index (χ2n) is 7.62. The Balaban J connectivity index is 1.64. The maximum absolute atomic E-state index is 12.7. The van der Waals surface area contributed by atoms with E-state index in [1.165, 1.54) is 22.7 Å². The summed E-state index contributed by atoms with van der Waals surface area (Å²) in [5.41, 5.74) is 0.780. The van der Waals surface area contributed by atoms with Gasteiger partial charge in [0.05, 0.1) is 28.5 Å². The van der Waals surface area contributed by atoms with Crippen LogP contribution < -0.4 is 5.32 Å². The Morgan fingerprint density at radius 1 is 1.34 bits per heavy atom. The van der Waals surface area contributed by atoms with E-state index >= 15 is 0 Å². The lowest BCUT2D eigenvalue weighted by Gasteiger charge is -2.29. The van der Waals surface area contributed by atoms with Gasteiger partial charge in [0.1, 0.15) is 0 Å². The highest BCUT2D eigenvalue weighted by molar-refractivity contribution is 8.00. The first-order chi connectivity index (χ1) is 13.6. The minimum atomic E-state index is -3.14. The van der Waals surface area contributed by atoms with Gasteiger partial charge in [0.15, 0.2) is 16.4 Å². The van der Waals surface area contributed by atoms with Gasteiger partial charge in [0, 0.05) is 17.5 Å². The van der Waals surface area contributed by atoms with Crippen LogP contribution in [0.1, 0.15) is 30.6 Å². The fourth-order valence-corrected chi connectivity index (χ4v) is 5.89. The van der Waals surface area contributed by atoms with Crippen molar-refractivity contribution in [3.63, 3.8) is 0 Å². The predicted octanol–water partition coefficient (Wildman–Crippen LogP) is 1.56. The summed E-state index contributed by atoms with van der Waals surface area (Å²) >= 11 is 1.38. The molecule has 0 aliphatic carbocycles. The molecule has 1 N–H and O–H groups in total. The summed E-state index contributed by atoms with van der Waals surface area (Å²) in [6.07, 6.45) is 0.400. The van der Waals surface area contributed by atoms with E-state index in [1.807, 2.05) is 13.8 Å². The summed E-state index contributed by atoms with van der Waals surface area (Å²) in [4.78, 5) is 39.0. The second kappa shape index (κ2) is 8.74. The van der Waals surface area contributed by atoms with Gasteiger partial charge in [0.25, 0.3) is 5.91 Å². The van der Waals surface area contributed by atoms with Crippen molar-refractivity contribution in [1.29, 1.82) is 0 Å². The van der Waals surface area contributed by atoms with Gasteiger partial charge in [0.2, 0.25) is 5.91 Å². The van der Waals surface area contributed by atoms with Crippen LogP contribution in [0.3, 0.4) is 0 Å². The monoisotopic (exact) mass is 440 g/mol. The molecule has 0 spiro atoms. The molecular weight excluding hydrogens is 416 g/mol. The van der Waals surface area contributed by atoms with Gasteiger partial charge >= 0.3 is 5.97 Å². The lowest BCUT2D eigenvalue weighted by atomic mass is 10.1. The van der Waals surface area contributed by atoms with E-state index in [9.17, 15) is 22.8 Å². The van der Waals surface area contributed by atoms with Gasteiger partial charge in [-0.2, -0.15) is 0 Å². The number of carbonyl (C=O) groups is 3. The highest BCUT2D eigenvalue weighted by Crippen LogP contribution is 2.32. The Kier molecular flexibility index (Phi) is 6.52. The number of thioether (sulfide) groups is 1. The summed E-state index contributed by atoms with van der Waals surface area (Å²) < 4.78 is 28.8. The fourth-order valence-electron chi connectivity index (χ4n) is 3.37. The molecule has 0 unspecified atom stereocenters. The van der Waals surface area contributed by atoms with E-state index in [0.717, 1.165) is 4.90 Å². The number of sulfone groups is 1. The number of ether oxygens (including phenoxy) is 1. The average Bonchev–Trinajstić information content (AvgIpc) is 3.02. The molecule has 8 nitrogen and oxygen atoms in total. The van der Waals surface area contributed by atoms with Crippen LogP contribution in [0.25, 0.3) is 0 Å². The third-order valence-corrected chi connectivity index (χ3v) is 7.53. The molecule has 2 aliphatic rings. The minimum absolute atomic E-state index is 0.0540. The summed E-state index contributed by atoms with van der Waals surface area (Å²) in [6, 6.07) is 4.46. The second-order valence-corrected chi connectivity index (χ2v) is 10.9. The summed E-state index contributed by atoms with van der Waals surface area (Å²) in [5.74, 6) is -0.725. The lowest BCUT2D eigenvalue weighted by Crippen LogP contribution is -2.45. The van der Waals surface area contributed by atoms with E-state index in [2.05, 4.69) is 5.32 Å². The van der Waals surface area contributed by atoms with Gasteiger partial charge in [-0.25, -0.2) is 13.2 Å². The minimum Gasteiger partial charge on any atom is -0.452 e. The van der Waals surface area contributed by atoms with Gasteiger partial charge in [-0.15, -0.1) is 11.8 Å². The average molecular weight is 441 g/mol. The van der Waals surface area contributed by atoms with Crippen LogP contribution in [0, 0.1) is 5.92 Å². The predicted molar refractivity (Wildman–Crippen MR) is 110 cm³/mol. The van der Waals surface area contributed by atoms with Crippen LogP contribution in [-0.4, -0.2) is 67.6 Å². The molecule has 1 aromatic carbocycles.